The summed E-state index contributed by atoms with van der Waals surface area (Å²) in [5.41, 5.74) is 0.0810. The van der Waals surface area contributed by atoms with Crippen LogP contribution in [0.3, 0.4) is 0 Å². The van der Waals surface area contributed by atoms with Gasteiger partial charge in [-0.1, -0.05) is 5.16 Å². The first-order chi connectivity index (χ1) is 16.2. The van der Waals surface area contributed by atoms with Gasteiger partial charge in [0.15, 0.2) is 5.76 Å². The van der Waals surface area contributed by atoms with Gasteiger partial charge in [-0.2, -0.15) is 4.31 Å². The van der Waals surface area contributed by atoms with Gasteiger partial charge >= 0.3 is 0 Å². The van der Waals surface area contributed by atoms with Crippen LogP contribution in [0.4, 0.5) is 5.69 Å². The molecule has 0 bridgehead atoms. The molecular weight excluding hydrogens is 468 g/mol. The lowest BCUT2D eigenvalue weighted by atomic mass is 10.2. The molecule has 2 aromatic carbocycles. The molecule has 4 rings (SSSR count). The molecule has 1 aromatic heterocycles. The summed E-state index contributed by atoms with van der Waals surface area (Å²) in [5, 5.41) is 24.0. The number of non-ortho nitro benzene ring substituents is 1. The topological polar surface area (TPSA) is 156 Å². The maximum absolute atomic E-state index is 13.0. The Morgan fingerprint density at radius 1 is 1.12 bits per heavy atom. The highest BCUT2D eigenvalue weighted by molar-refractivity contribution is 7.89. The second-order valence-corrected chi connectivity index (χ2v) is 9.34. The van der Waals surface area contributed by atoms with E-state index in [9.17, 15) is 28.5 Å². The fraction of sp³-hybridized carbons (Fsp3) is 0.238. The van der Waals surface area contributed by atoms with E-state index in [1.54, 1.807) is 18.2 Å². The van der Waals surface area contributed by atoms with Crippen molar-refractivity contribution < 1.29 is 32.5 Å². The van der Waals surface area contributed by atoms with Gasteiger partial charge in [0.05, 0.1) is 16.9 Å². The summed E-state index contributed by atoms with van der Waals surface area (Å²) in [4.78, 5) is 24.6. The van der Waals surface area contributed by atoms with Gasteiger partial charge in [-0.15, -0.1) is 0 Å². The van der Waals surface area contributed by atoms with Crippen LogP contribution in [-0.4, -0.2) is 66.9 Å². The molecule has 0 atom stereocenters. The molecule has 1 aliphatic rings. The molecule has 34 heavy (non-hydrogen) atoms. The Morgan fingerprint density at radius 2 is 1.79 bits per heavy atom. The van der Waals surface area contributed by atoms with E-state index in [1.165, 1.54) is 34.5 Å². The van der Waals surface area contributed by atoms with Crippen LogP contribution < -0.4 is 10.1 Å². The number of hydrogen-bond donors (Lipinski definition) is 1. The first-order valence-electron chi connectivity index (χ1n) is 10.1. The van der Waals surface area contributed by atoms with Crippen molar-refractivity contribution in [2.75, 3.05) is 33.3 Å². The van der Waals surface area contributed by atoms with Crippen molar-refractivity contribution in [1.29, 1.82) is 0 Å². The second kappa shape index (κ2) is 9.11. The van der Waals surface area contributed by atoms with Crippen molar-refractivity contribution in [3.05, 3.63) is 69.8 Å². The number of nitro benzene ring substituents is 1. The first-order valence-corrected chi connectivity index (χ1v) is 11.5. The van der Waals surface area contributed by atoms with Gasteiger partial charge in [-0.25, -0.2) is 8.42 Å². The largest absolute Gasteiger partial charge is 0.497 e. The summed E-state index contributed by atoms with van der Waals surface area (Å²) < 4.78 is 37.9. The van der Waals surface area contributed by atoms with Gasteiger partial charge in [-0.3, -0.25) is 14.9 Å². The van der Waals surface area contributed by atoms with Crippen molar-refractivity contribution in [2.24, 2.45) is 5.16 Å². The van der Waals surface area contributed by atoms with E-state index in [-0.39, 0.29) is 53.5 Å². The Labute approximate surface area is 193 Å². The number of fused-ring (bicyclic) bond motifs is 1. The van der Waals surface area contributed by atoms with E-state index in [4.69, 9.17) is 9.15 Å². The summed E-state index contributed by atoms with van der Waals surface area (Å²) >= 11 is 0. The van der Waals surface area contributed by atoms with E-state index < -0.39 is 20.9 Å². The number of ether oxygens (including phenoxy) is 1. The molecule has 1 aliphatic heterocycles. The molecule has 12 nitrogen and oxygen atoms in total. The predicted octanol–water partition coefficient (Wildman–Crippen LogP) is 1.79. The number of piperazine rings is 1. The number of methoxy groups -OCH3 is 1. The van der Waals surface area contributed by atoms with Crippen LogP contribution >= 0.6 is 0 Å². The number of hydrogen-bond acceptors (Lipinski definition) is 9. The minimum atomic E-state index is -3.88. The number of nitrogens with zero attached hydrogens (tertiary/aromatic N) is 4. The third-order valence-corrected chi connectivity index (χ3v) is 7.40. The number of nitro groups is 1. The van der Waals surface area contributed by atoms with Gasteiger partial charge in [0, 0.05) is 55.8 Å². The predicted molar refractivity (Wildman–Crippen MR) is 118 cm³/mol. The Balaban J connectivity index is 1.52. The van der Waals surface area contributed by atoms with Crippen LogP contribution in [0.25, 0.3) is 11.0 Å². The SMILES string of the molecule is COc1ccc2/c(=N\O)cc(C(=O)N3CCN(S(=O)(=O)c4ccc([N+](=O)[O-])cc4)CC3)oc2c1. The van der Waals surface area contributed by atoms with Crippen LogP contribution in [0.15, 0.2) is 63.0 Å². The van der Waals surface area contributed by atoms with Crippen molar-refractivity contribution in [3.63, 3.8) is 0 Å². The van der Waals surface area contributed by atoms with Gasteiger partial charge in [0.2, 0.25) is 10.0 Å². The lowest BCUT2D eigenvalue weighted by molar-refractivity contribution is -0.384. The molecule has 1 amide bonds. The minimum absolute atomic E-state index is 0.0314. The lowest BCUT2D eigenvalue weighted by Gasteiger charge is -2.33. The summed E-state index contributed by atoms with van der Waals surface area (Å²) in [6, 6.07) is 10.8. The van der Waals surface area contributed by atoms with E-state index in [2.05, 4.69) is 5.16 Å². The molecule has 178 valence electrons. The van der Waals surface area contributed by atoms with E-state index in [0.29, 0.717) is 11.1 Å². The first kappa shape index (κ1) is 23.2. The molecule has 0 aliphatic carbocycles. The Kier molecular flexibility index (Phi) is 6.22. The van der Waals surface area contributed by atoms with E-state index >= 15 is 0 Å². The number of rotatable bonds is 5. The molecule has 1 saturated heterocycles. The molecule has 0 unspecified atom stereocenters. The van der Waals surface area contributed by atoms with Crippen LogP contribution in [0.5, 0.6) is 5.75 Å². The highest BCUT2D eigenvalue weighted by atomic mass is 32.2. The molecule has 2 heterocycles. The van der Waals surface area contributed by atoms with Crippen molar-refractivity contribution in [1.82, 2.24) is 9.21 Å². The van der Waals surface area contributed by atoms with Crippen molar-refractivity contribution >= 4 is 32.6 Å². The van der Waals surface area contributed by atoms with Gasteiger partial charge in [0.25, 0.3) is 11.6 Å². The average Bonchev–Trinajstić information content (AvgIpc) is 2.87. The normalized spacial score (nSPS) is 15.4. The lowest BCUT2D eigenvalue weighted by Crippen LogP contribution is -2.50. The number of benzene rings is 2. The minimum Gasteiger partial charge on any atom is -0.497 e. The molecular formula is C21H20N4O8S. The second-order valence-electron chi connectivity index (χ2n) is 7.41. The number of sulfonamides is 1. The highest BCUT2D eigenvalue weighted by Gasteiger charge is 2.31. The zero-order valence-electron chi connectivity index (χ0n) is 17.9. The van der Waals surface area contributed by atoms with Crippen molar-refractivity contribution in [2.45, 2.75) is 4.90 Å². The third-order valence-electron chi connectivity index (χ3n) is 5.48. The fourth-order valence-corrected chi connectivity index (χ4v) is 5.06. The van der Waals surface area contributed by atoms with E-state index in [0.717, 1.165) is 12.1 Å². The molecule has 13 heteroatoms. The third kappa shape index (κ3) is 4.30. The highest BCUT2D eigenvalue weighted by Crippen LogP contribution is 2.23. The number of carbonyl (C=O) groups excluding carboxylic acids is 1. The van der Waals surface area contributed by atoms with Crippen LogP contribution in [0.1, 0.15) is 10.6 Å². The molecule has 0 radical (unpaired) electrons. The standard InChI is InChI=1S/C21H20N4O8S/c1-32-15-4-7-17-18(22-27)13-20(33-19(17)12-15)21(26)23-8-10-24(11-9-23)34(30,31)16-5-2-14(3-6-16)25(28)29/h2-7,12-13,27H,8-11H2,1H3/b22-18-. The summed E-state index contributed by atoms with van der Waals surface area (Å²) in [6.45, 7) is 0.262. The smallest absolute Gasteiger partial charge is 0.289 e. The number of carbonyl (C=O) groups is 1. The monoisotopic (exact) mass is 488 g/mol. The molecule has 0 saturated carbocycles. The van der Waals surface area contributed by atoms with Gasteiger partial charge in [-0.05, 0) is 24.3 Å². The molecule has 0 spiro atoms. The Morgan fingerprint density at radius 3 is 2.38 bits per heavy atom. The van der Waals surface area contributed by atoms with Crippen molar-refractivity contribution in [3.8, 4) is 5.75 Å². The number of amides is 1. The summed E-state index contributed by atoms with van der Waals surface area (Å²) in [6.07, 6.45) is 0. The van der Waals surface area contributed by atoms with Gasteiger partial charge < -0.3 is 19.3 Å². The van der Waals surface area contributed by atoms with Gasteiger partial charge in [0.1, 0.15) is 16.7 Å². The van der Waals surface area contributed by atoms with Crippen LogP contribution in [-0.2, 0) is 10.0 Å². The zero-order chi connectivity index (χ0) is 24.5. The maximum atomic E-state index is 13.0. The Bertz CT molecular complexity index is 1430. The molecule has 3 aromatic rings. The maximum Gasteiger partial charge on any atom is 0.289 e. The van der Waals surface area contributed by atoms with E-state index in [1.807, 2.05) is 0 Å². The summed E-state index contributed by atoms with van der Waals surface area (Å²) in [7, 11) is -2.39. The Hall–Kier alpha value is -3.97. The molecule has 1 fully saturated rings. The average molecular weight is 488 g/mol. The quantitative estimate of drug-likeness (QED) is 0.324. The molecule has 1 N–H and O–H groups in total. The fourth-order valence-electron chi connectivity index (χ4n) is 3.64. The van der Waals surface area contributed by atoms with Crippen LogP contribution in [0, 0.1) is 10.1 Å². The summed E-state index contributed by atoms with van der Waals surface area (Å²) in [5.74, 6) is -0.0583. The zero-order valence-corrected chi connectivity index (χ0v) is 18.8. The van der Waals surface area contributed by atoms with Crippen LogP contribution in [0.2, 0.25) is 0 Å².